The Labute approximate surface area is 80.1 Å². The number of thiophene rings is 1. The summed E-state index contributed by atoms with van der Waals surface area (Å²) in [5, 5.41) is 19.8. The van der Waals surface area contributed by atoms with E-state index in [-0.39, 0.29) is 5.75 Å². The van der Waals surface area contributed by atoms with Crippen molar-refractivity contribution in [3.63, 3.8) is 0 Å². The van der Waals surface area contributed by atoms with Gasteiger partial charge in [-0.2, -0.15) is 0 Å². The maximum absolute atomic E-state index is 9.50. The van der Waals surface area contributed by atoms with Crippen molar-refractivity contribution in [2.75, 3.05) is 0 Å². The molecule has 0 aliphatic carbocycles. The maximum Gasteiger partial charge on any atom is 0.133 e. The van der Waals surface area contributed by atoms with Crippen LogP contribution in [0.25, 0.3) is 10.1 Å². The van der Waals surface area contributed by atoms with Gasteiger partial charge in [-0.05, 0) is 24.4 Å². The smallest absolute Gasteiger partial charge is 0.133 e. The van der Waals surface area contributed by atoms with Crippen LogP contribution in [0.4, 0.5) is 0 Å². The molecule has 2 N–H and O–H groups in total. The summed E-state index contributed by atoms with van der Waals surface area (Å²) in [4.78, 5) is 0.886. The van der Waals surface area contributed by atoms with E-state index in [0.29, 0.717) is 0 Å². The highest BCUT2D eigenvalue weighted by atomic mass is 32.1. The number of hydrogen-bond acceptors (Lipinski definition) is 3. The van der Waals surface area contributed by atoms with Crippen LogP contribution < -0.4 is 0 Å². The topological polar surface area (TPSA) is 40.5 Å². The molecule has 1 aromatic carbocycles. The second-order valence-electron chi connectivity index (χ2n) is 3.02. The number of aromatic hydroxyl groups is 1. The van der Waals surface area contributed by atoms with Crippen LogP contribution in [0.2, 0.25) is 0 Å². The van der Waals surface area contributed by atoms with Crippen molar-refractivity contribution in [1.82, 2.24) is 0 Å². The minimum Gasteiger partial charge on any atom is -0.506 e. The quantitative estimate of drug-likeness (QED) is 0.732. The second kappa shape index (κ2) is 3.01. The van der Waals surface area contributed by atoms with Crippen LogP contribution in [0.15, 0.2) is 24.3 Å². The molecule has 68 valence electrons. The average molecular weight is 194 g/mol. The number of fused-ring (bicyclic) bond motifs is 1. The van der Waals surface area contributed by atoms with E-state index in [4.69, 9.17) is 0 Å². The zero-order valence-electron chi connectivity index (χ0n) is 7.19. The molecule has 2 nitrogen and oxygen atoms in total. The first kappa shape index (κ1) is 8.53. The predicted octanol–water partition coefficient (Wildman–Crippen LogP) is 2.66. The number of aliphatic hydroxyl groups is 1. The third-order valence-electron chi connectivity index (χ3n) is 1.95. The van der Waals surface area contributed by atoms with E-state index in [1.165, 1.54) is 11.3 Å². The predicted molar refractivity (Wildman–Crippen MR) is 54.1 cm³/mol. The Kier molecular flexibility index (Phi) is 1.98. The summed E-state index contributed by atoms with van der Waals surface area (Å²) in [7, 11) is 0. The normalized spacial score (nSPS) is 13.4. The highest BCUT2D eigenvalue weighted by Crippen LogP contribution is 2.35. The summed E-state index contributed by atoms with van der Waals surface area (Å²) in [5.74, 6) is 0.286. The van der Waals surface area contributed by atoms with Crippen LogP contribution >= 0.6 is 11.3 Å². The highest BCUT2D eigenvalue weighted by molar-refractivity contribution is 7.19. The molecule has 13 heavy (non-hydrogen) atoms. The standard InChI is InChI=1S/C10H10O2S/c1-6(11)9-5-7-3-2-4-8(12)10(7)13-9/h2-6,11-12H,1H3. The Morgan fingerprint density at radius 1 is 1.38 bits per heavy atom. The van der Waals surface area contributed by atoms with E-state index >= 15 is 0 Å². The van der Waals surface area contributed by atoms with E-state index in [9.17, 15) is 10.2 Å². The van der Waals surface area contributed by atoms with Crippen molar-refractivity contribution in [3.05, 3.63) is 29.1 Å². The third-order valence-corrected chi connectivity index (χ3v) is 3.30. The first-order valence-electron chi connectivity index (χ1n) is 4.08. The Balaban J connectivity index is 2.68. The fraction of sp³-hybridized carbons (Fsp3) is 0.200. The molecule has 0 fully saturated rings. The SMILES string of the molecule is CC(O)c1cc2cccc(O)c2s1. The van der Waals surface area contributed by atoms with Gasteiger partial charge in [-0.15, -0.1) is 11.3 Å². The van der Waals surface area contributed by atoms with Crippen molar-refractivity contribution in [1.29, 1.82) is 0 Å². The average Bonchev–Trinajstić information content (AvgIpc) is 2.49. The van der Waals surface area contributed by atoms with Gasteiger partial charge in [0.25, 0.3) is 0 Å². The molecule has 1 atom stereocenters. The van der Waals surface area contributed by atoms with Gasteiger partial charge in [0, 0.05) is 4.88 Å². The van der Waals surface area contributed by atoms with Crippen molar-refractivity contribution >= 4 is 21.4 Å². The van der Waals surface area contributed by atoms with Crippen molar-refractivity contribution in [3.8, 4) is 5.75 Å². The van der Waals surface area contributed by atoms with E-state index in [1.54, 1.807) is 19.1 Å². The molecule has 0 aliphatic heterocycles. The summed E-state index contributed by atoms with van der Waals surface area (Å²) in [5.41, 5.74) is 0. The lowest BCUT2D eigenvalue weighted by atomic mass is 10.2. The lowest BCUT2D eigenvalue weighted by molar-refractivity contribution is 0.203. The van der Waals surface area contributed by atoms with Crippen LogP contribution in [-0.4, -0.2) is 10.2 Å². The lowest BCUT2D eigenvalue weighted by Crippen LogP contribution is -1.83. The largest absolute Gasteiger partial charge is 0.506 e. The van der Waals surface area contributed by atoms with E-state index in [2.05, 4.69) is 0 Å². The number of hydrogen-bond donors (Lipinski definition) is 2. The minimum atomic E-state index is -0.461. The van der Waals surface area contributed by atoms with Gasteiger partial charge in [0.1, 0.15) is 5.75 Å². The van der Waals surface area contributed by atoms with Crippen molar-refractivity contribution in [2.24, 2.45) is 0 Å². The van der Waals surface area contributed by atoms with E-state index in [1.807, 2.05) is 12.1 Å². The molecule has 1 heterocycles. The summed E-state index contributed by atoms with van der Waals surface area (Å²) in [6.07, 6.45) is -0.461. The van der Waals surface area contributed by atoms with Gasteiger partial charge in [-0.3, -0.25) is 0 Å². The van der Waals surface area contributed by atoms with Gasteiger partial charge in [-0.25, -0.2) is 0 Å². The van der Waals surface area contributed by atoms with E-state index in [0.717, 1.165) is 15.0 Å². The molecule has 2 rings (SSSR count). The number of phenolic OH excluding ortho intramolecular Hbond substituents is 1. The second-order valence-corrected chi connectivity index (χ2v) is 4.10. The molecule has 1 unspecified atom stereocenters. The fourth-order valence-electron chi connectivity index (χ4n) is 1.27. The molecule has 0 amide bonds. The number of rotatable bonds is 1. The first-order valence-corrected chi connectivity index (χ1v) is 4.89. The third kappa shape index (κ3) is 1.41. The van der Waals surface area contributed by atoms with Crippen LogP contribution in [0.5, 0.6) is 5.75 Å². The van der Waals surface area contributed by atoms with Gasteiger partial charge >= 0.3 is 0 Å². The molecule has 0 radical (unpaired) electrons. The zero-order valence-corrected chi connectivity index (χ0v) is 8.01. The van der Waals surface area contributed by atoms with Crippen LogP contribution in [0, 0.1) is 0 Å². The highest BCUT2D eigenvalue weighted by Gasteiger charge is 2.08. The molecular formula is C10H10O2S. The minimum absolute atomic E-state index is 0.286. The number of benzene rings is 1. The Bertz CT molecular complexity index is 431. The first-order chi connectivity index (χ1) is 6.18. The van der Waals surface area contributed by atoms with Crippen LogP contribution in [0.3, 0.4) is 0 Å². The fourth-order valence-corrected chi connectivity index (χ4v) is 2.28. The van der Waals surface area contributed by atoms with Gasteiger partial charge in [-0.1, -0.05) is 12.1 Å². The Hall–Kier alpha value is -1.06. The van der Waals surface area contributed by atoms with Gasteiger partial charge < -0.3 is 10.2 Å². The molecule has 0 aliphatic rings. The van der Waals surface area contributed by atoms with Crippen molar-refractivity contribution < 1.29 is 10.2 Å². The molecular weight excluding hydrogens is 184 g/mol. The number of aliphatic hydroxyl groups excluding tert-OH is 1. The molecule has 2 aromatic rings. The van der Waals surface area contributed by atoms with Crippen molar-refractivity contribution in [2.45, 2.75) is 13.0 Å². The van der Waals surface area contributed by atoms with Crippen LogP contribution in [0.1, 0.15) is 17.9 Å². The lowest BCUT2D eigenvalue weighted by Gasteiger charge is -1.95. The molecule has 3 heteroatoms. The Morgan fingerprint density at radius 2 is 2.15 bits per heavy atom. The molecule has 0 saturated heterocycles. The molecule has 1 aromatic heterocycles. The van der Waals surface area contributed by atoms with E-state index < -0.39 is 6.10 Å². The summed E-state index contributed by atoms with van der Waals surface area (Å²) in [6.45, 7) is 1.72. The van der Waals surface area contributed by atoms with Gasteiger partial charge in [0.2, 0.25) is 0 Å². The Morgan fingerprint density at radius 3 is 2.77 bits per heavy atom. The summed E-state index contributed by atoms with van der Waals surface area (Å²) < 4.78 is 0.846. The molecule has 0 bridgehead atoms. The molecule has 0 saturated carbocycles. The summed E-state index contributed by atoms with van der Waals surface area (Å²) >= 11 is 1.43. The van der Waals surface area contributed by atoms with Crippen LogP contribution in [-0.2, 0) is 0 Å². The monoisotopic (exact) mass is 194 g/mol. The van der Waals surface area contributed by atoms with Gasteiger partial charge in [0.15, 0.2) is 0 Å². The summed E-state index contributed by atoms with van der Waals surface area (Å²) in [6, 6.07) is 7.29. The number of phenols is 1. The zero-order chi connectivity index (χ0) is 9.42. The maximum atomic E-state index is 9.50. The molecule has 0 spiro atoms. The van der Waals surface area contributed by atoms with Gasteiger partial charge in [0.05, 0.1) is 10.8 Å².